The van der Waals surface area contributed by atoms with Crippen LogP contribution < -0.4 is 5.73 Å². The van der Waals surface area contributed by atoms with E-state index in [-0.39, 0.29) is 12.1 Å². The third-order valence-corrected chi connectivity index (χ3v) is 3.54. The monoisotopic (exact) mass is 216 g/mol. The van der Waals surface area contributed by atoms with E-state index in [1.165, 1.54) is 0 Å². The number of likely N-dealkylation sites (tertiary alicyclic amines) is 1. The predicted molar refractivity (Wildman–Crippen MR) is 60.7 cm³/mol. The van der Waals surface area contributed by atoms with Gasteiger partial charge in [-0.2, -0.15) is 0 Å². The lowest BCUT2D eigenvalue weighted by atomic mass is 9.96. The van der Waals surface area contributed by atoms with Crippen molar-refractivity contribution in [1.82, 2.24) is 4.90 Å². The largest absolute Gasteiger partial charge is 0.392 e. The number of hydrogen-bond donors (Lipinski definition) is 2. The molecule has 1 rings (SSSR count). The first-order valence-electron chi connectivity index (χ1n) is 5.76. The van der Waals surface area contributed by atoms with Gasteiger partial charge in [-0.3, -0.25) is 4.90 Å². The quantitative estimate of drug-likeness (QED) is 0.704. The predicted octanol–water partition coefficient (Wildman–Crippen LogP) is 0.194. The average Bonchev–Trinajstić information content (AvgIpc) is 2.27. The van der Waals surface area contributed by atoms with Crippen molar-refractivity contribution in [2.24, 2.45) is 5.73 Å². The minimum absolute atomic E-state index is 0.177. The topological polar surface area (TPSA) is 58.7 Å². The summed E-state index contributed by atoms with van der Waals surface area (Å²) in [4.78, 5) is 2.31. The van der Waals surface area contributed by atoms with Crippen molar-refractivity contribution < 1.29 is 9.84 Å². The third kappa shape index (κ3) is 3.14. The van der Waals surface area contributed by atoms with E-state index in [4.69, 9.17) is 10.5 Å². The molecule has 0 aromatic heterocycles. The summed E-state index contributed by atoms with van der Waals surface area (Å²) in [6, 6.07) is 0.518. The van der Waals surface area contributed by atoms with Crippen molar-refractivity contribution in [1.29, 1.82) is 0 Å². The Balaban J connectivity index is 2.57. The van der Waals surface area contributed by atoms with Crippen LogP contribution >= 0.6 is 0 Å². The first-order chi connectivity index (χ1) is 7.10. The highest BCUT2D eigenvalue weighted by Gasteiger charge is 2.31. The molecule has 0 bridgehead atoms. The van der Waals surface area contributed by atoms with Gasteiger partial charge in [-0.15, -0.1) is 0 Å². The van der Waals surface area contributed by atoms with Gasteiger partial charge in [0.2, 0.25) is 0 Å². The van der Waals surface area contributed by atoms with Crippen LogP contribution in [-0.4, -0.2) is 54.5 Å². The molecule has 1 fully saturated rings. The molecule has 15 heavy (non-hydrogen) atoms. The van der Waals surface area contributed by atoms with Crippen molar-refractivity contribution in [3.8, 4) is 0 Å². The van der Waals surface area contributed by atoms with E-state index in [9.17, 15) is 5.11 Å². The van der Waals surface area contributed by atoms with Crippen LogP contribution in [0.5, 0.6) is 0 Å². The highest BCUT2D eigenvalue weighted by atomic mass is 16.5. The van der Waals surface area contributed by atoms with Gasteiger partial charge in [0.05, 0.1) is 12.2 Å². The summed E-state index contributed by atoms with van der Waals surface area (Å²) in [6.45, 7) is 5.49. The van der Waals surface area contributed by atoms with Crippen molar-refractivity contribution >= 4 is 0 Å². The van der Waals surface area contributed by atoms with E-state index < -0.39 is 0 Å². The number of aliphatic hydroxyl groups is 1. The van der Waals surface area contributed by atoms with Gasteiger partial charge in [0.25, 0.3) is 0 Å². The van der Waals surface area contributed by atoms with E-state index in [1.54, 1.807) is 7.11 Å². The van der Waals surface area contributed by atoms with Crippen molar-refractivity contribution in [3.63, 3.8) is 0 Å². The Bertz CT molecular complexity index is 187. The van der Waals surface area contributed by atoms with Crippen molar-refractivity contribution in [2.45, 2.75) is 51.0 Å². The molecule has 1 aliphatic rings. The summed E-state index contributed by atoms with van der Waals surface area (Å²) >= 11 is 0. The second-order valence-corrected chi connectivity index (χ2v) is 4.49. The molecule has 4 heteroatoms. The van der Waals surface area contributed by atoms with E-state index in [2.05, 4.69) is 11.8 Å². The highest BCUT2D eigenvalue weighted by molar-refractivity contribution is 4.87. The summed E-state index contributed by atoms with van der Waals surface area (Å²) in [5.74, 6) is 0. The molecule has 0 amide bonds. The number of methoxy groups -OCH3 is 1. The van der Waals surface area contributed by atoms with Gasteiger partial charge in [0.1, 0.15) is 0 Å². The second-order valence-electron chi connectivity index (χ2n) is 4.49. The molecule has 0 aromatic carbocycles. The summed E-state index contributed by atoms with van der Waals surface area (Å²) in [5, 5.41) is 9.60. The molecule has 0 aromatic rings. The SMILES string of the molecule is COC1CCN(C(C)C(C)O)C(CN)C1. The maximum Gasteiger partial charge on any atom is 0.0664 e. The Labute approximate surface area is 92.4 Å². The van der Waals surface area contributed by atoms with Gasteiger partial charge in [0, 0.05) is 32.3 Å². The van der Waals surface area contributed by atoms with E-state index in [0.29, 0.717) is 18.7 Å². The Hall–Kier alpha value is -0.160. The number of rotatable bonds is 4. The molecule has 0 aliphatic carbocycles. The number of nitrogens with two attached hydrogens (primary N) is 1. The normalized spacial score (nSPS) is 32.6. The zero-order valence-corrected chi connectivity index (χ0v) is 10.0. The fourth-order valence-corrected chi connectivity index (χ4v) is 2.29. The van der Waals surface area contributed by atoms with Crippen LogP contribution in [0.1, 0.15) is 26.7 Å². The van der Waals surface area contributed by atoms with Crippen LogP contribution in [0.15, 0.2) is 0 Å². The number of nitrogens with zero attached hydrogens (tertiary/aromatic N) is 1. The molecule has 1 heterocycles. The van der Waals surface area contributed by atoms with Crippen LogP contribution in [0.3, 0.4) is 0 Å². The van der Waals surface area contributed by atoms with Gasteiger partial charge < -0.3 is 15.6 Å². The van der Waals surface area contributed by atoms with Crippen LogP contribution in [-0.2, 0) is 4.74 Å². The molecule has 4 unspecified atom stereocenters. The van der Waals surface area contributed by atoms with Gasteiger partial charge in [0.15, 0.2) is 0 Å². The maximum absolute atomic E-state index is 9.60. The molecule has 1 saturated heterocycles. The van der Waals surface area contributed by atoms with Gasteiger partial charge >= 0.3 is 0 Å². The standard InChI is InChI=1S/C11H24N2O2/c1-8(9(2)14)13-5-4-11(15-3)6-10(13)7-12/h8-11,14H,4-7,12H2,1-3H3. The highest BCUT2D eigenvalue weighted by Crippen LogP contribution is 2.22. The van der Waals surface area contributed by atoms with Gasteiger partial charge in [-0.1, -0.05) is 0 Å². The average molecular weight is 216 g/mol. The third-order valence-electron chi connectivity index (χ3n) is 3.54. The Kier molecular flexibility index (Phi) is 4.99. The number of piperidine rings is 1. The van der Waals surface area contributed by atoms with Crippen molar-refractivity contribution in [3.05, 3.63) is 0 Å². The molecule has 0 saturated carbocycles. The number of aliphatic hydroxyl groups excluding tert-OH is 1. The Morgan fingerprint density at radius 3 is 2.67 bits per heavy atom. The number of ether oxygens (including phenoxy) is 1. The lowest BCUT2D eigenvalue weighted by Crippen LogP contribution is -2.54. The minimum Gasteiger partial charge on any atom is -0.392 e. The lowest BCUT2D eigenvalue weighted by Gasteiger charge is -2.42. The zero-order chi connectivity index (χ0) is 11.4. The fraction of sp³-hybridized carbons (Fsp3) is 1.00. The van der Waals surface area contributed by atoms with Crippen LogP contribution in [0, 0.1) is 0 Å². The van der Waals surface area contributed by atoms with E-state index >= 15 is 0 Å². The molecule has 3 N–H and O–H groups in total. The molecular formula is C11H24N2O2. The number of hydrogen-bond acceptors (Lipinski definition) is 4. The van der Waals surface area contributed by atoms with Gasteiger partial charge in [-0.25, -0.2) is 0 Å². The second kappa shape index (κ2) is 5.80. The maximum atomic E-state index is 9.60. The fourth-order valence-electron chi connectivity index (χ4n) is 2.29. The first-order valence-corrected chi connectivity index (χ1v) is 5.76. The van der Waals surface area contributed by atoms with Crippen molar-refractivity contribution in [2.75, 3.05) is 20.2 Å². The Morgan fingerprint density at radius 2 is 2.20 bits per heavy atom. The molecular weight excluding hydrogens is 192 g/mol. The van der Waals surface area contributed by atoms with Crippen LogP contribution in [0.4, 0.5) is 0 Å². The van der Waals surface area contributed by atoms with Crippen LogP contribution in [0.2, 0.25) is 0 Å². The first kappa shape index (κ1) is 12.9. The molecule has 4 atom stereocenters. The minimum atomic E-state index is -0.307. The zero-order valence-electron chi connectivity index (χ0n) is 10.0. The molecule has 1 aliphatic heterocycles. The van der Waals surface area contributed by atoms with Gasteiger partial charge in [-0.05, 0) is 26.7 Å². The summed E-state index contributed by atoms with van der Waals surface area (Å²) < 4.78 is 5.37. The summed E-state index contributed by atoms with van der Waals surface area (Å²) in [5.41, 5.74) is 5.77. The molecule has 4 nitrogen and oxygen atoms in total. The lowest BCUT2D eigenvalue weighted by molar-refractivity contribution is -0.0269. The van der Waals surface area contributed by atoms with E-state index in [1.807, 2.05) is 6.92 Å². The molecule has 90 valence electrons. The summed E-state index contributed by atoms with van der Waals surface area (Å²) in [6.07, 6.45) is 2.03. The van der Waals surface area contributed by atoms with Crippen LogP contribution in [0.25, 0.3) is 0 Å². The summed E-state index contributed by atoms with van der Waals surface area (Å²) in [7, 11) is 1.76. The molecule has 0 radical (unpaired) electrons. The molecule has 0 spiro atoms. The smallest absolute Gasteiger partial charge is 0.0664 e. The Morgan fingerprint density at radius 1 is 1.53 bits per heavy atom. The van der Waals surface area contributed by atoms with E-state index in [0.717, 1.165) is 19.4 Å².